The molecule has 5 nitrogen and oxygen atoms in total. The van der Waals surface area contributed by atoms with Crippen LogP contribution in [0, 0.1) is 0 Å². The number of carbonyl (C=O) groups excluding carboxylic acids is 1. The Hall–Kier alpha value is -1.81. The fraction of sp³-hybridized carbons (Fsp3) is 0.286. The molecule has 130 valence electrons. The monoisotopic (exact) mass is 378 g/mol. The van der Waals surface area contributed by atoms with E-state index in [2.05, 4.69) is 18.1 Å². The van der Waals surface area contributed by atoms with E-state index in [4.69, 9.17) is 0 Å². The smallest absolute Gasteiger partial charge is 0.416 e. The predicted octanol–water partition coefficient (Wildman–Crippen LogP) is 2.81. The van der Waals surface area contributed by atoms with Crippen LogP contribution < -0.4 is 5.43 Å². The molecule has 0 radical (unpaired) electrons. The number of aliphatic carboxylic acids is 1. The zero-order valence-corrected chi connectivity index (χ0v) is 13.8. The van der Waals surface area contributed by atoms with Crippen LogP contribution in [-0.4, -0.2) is 33.1 Å². The van der Waals surface area contributed by atoms with E-state index in [1.54, 1.807) is 0 Å². The molecule has 1 aromatic carbocycles. The predicted molar refractivity (Wildman–Crippen MR) is 86.9 cm³/mol. The number of hydrogen-bond donors (Lipinski definition) is 3. The first kappa shape index (κ1) is 18.5. The van der Waals surface area contributed by atoms with Crippen LogP contribution in [-0.2, 0) is 15.8 Å². The first-order valence-electron chi connectivity index (χ1n) is 6.69. The lowest BCUT2D eigenvalue weighted by Crippen LogP contribution is -2.52. The van der Waals surface area contributed by atoms with E-state index in [0.29, 0.717) is 11.3 Å². The number of hydrogen-bond acceptors (Lipinski definition) is 5. The van der Waals surface area contributed by atoms with E-state index in [1.165, 1.54) is 17.5 Å². The molecule has 2 rings (SSSR count). The number of carboxylic acids is 1. The van der Waals surface area contributed by atoms with Crippen LogP contribution in [0.2, 0.25) is 0 Å². The summed E-state index contributed by atoms with van der Waals surface area (Å²) in [5.74, 6) is -1.43. The minimum absolute atomic E-state index is 0.0285. The topological polar surface area (TPSA) is 69.6 Å². The van der Waals surface area contributed by atoms with Gasteiger partial charge in [0.1, 0.15) is 0 Å². The van der Waals surface area contributed by atoms with Crippen LogP contribution in [0.1, 0.15) is 17.5 Å². The van der Waals surface area contributed by atoms with E-state index in [9.17, 15) is 27.9 Å². The van der Waals surface area contributed by atoms with Gasteiger partial charge >= 0.3 is 12.1 Å². The van der Waals surface area contributed by atoms with Crippen molar-refractivity contribution >= 4 is 42.0 Å². The van der Waals surface area contributed by atoms with E-state index >= 15 is 0 Å². The van der Waals surface area contributed by atoms with Crippen molar-refractivity contribution in [2.75, 3.05) is 5.75 Å². The number of hydrazine groups is 1. The lowest BCUT2D eigenvalue weighted by atomic mass is 10.1. The lowest BCUT2D eigenvalue weighted by Gasteiger charge is -2.33. The molecule has 1 aliphatic rings. The Bertz CT molecular complexity index is 662. The molecule has 0 saturated heterocycles. The number of amides is 1. The first-order valence-corrected chi connectivity index (χ1v) is 8.27. The third-order valence-electron chi connectivity index (χ3n) is 3.12. The number of benzene rings is 1. The van der Waals surface area contributed by atoms with E-state index in [1.807, 2.05) is 0 Å². The van der Waals surface area contributed by atoms with Crippen molar-refractivity contribution in [2.24, 2.45) is 0 Å². The number of carbonyl (C=O) groups is 2. The average Bonchev–Trinajstić information content (AvgIpc) is 2.53. The number of thiol groups is 1. The summed E-state index contributed by atoms with van der Waals surface area (Å²) in [4.78, 5) is 23.3. The Morgan fingerprint density at radius 2 is 1.92 bits per heavy atom. The van der Waals surface area contributed by atoms with Crippen molar-refractivity contribution in [3.63, 3.8) is 0 Å². The van der Waals surface area contributed by atoms with Gasteiger partial charge in [0.15, 0.2) is 5.37 Å². The largest absolute Gasteiger partial charge is 0.479 e. The van der Waals surface area contributed by atoms with Crippen LogP contribution in [0.4, 0.5) is 13.2 Å². The molecule has 0 aliphatic carbocycles. The van der Waals surface area contributed by atoms with Crippen molar-refractivity contribution in [1.82, 2.24) is 10.4 Å². The van der Waals surface area contributed by atoms with Gasteiger partial charge in [-0.2, -0.15) is 25.8 Å². The summed E-state index contributed by atoms with van der Waals surface area (Å²) >= 11 is 4.82. The molecule has 0 saturated carbocycles. The van der Waals surface area contributed by atoms with Crippen LogP contribution in [0.25, 0.3) is 5.70 Å². The van der Waals surface area contributed by atoms with E-state index in [-0.39, 0.29) is 12.2 Å². The molecular formula is C14H13F3N2O3S2. The number of rotatable bonds is 4. The molecule has 1 amide bonds. The molecule has 1 atom stereocenters. The lowest BCUT2D eigenvalue weighted by molar-refractivity contribution is -0.147. The summed E-state index contributed by atoms with van der Waals surface area (Å²) in [6.45, 7) is 0. The maximum Gasteiger partial charge on any atom is 0.416 e. The number of nitrogens with zero attached hydrogens (tertiary/aromatic N) is 1. The number of halogens is 3. The van der Waals surface area contributed by atoms with Crippen molar-refractivity contribution in [2.45, 2.75) is 18.0 Å². The number of thioether (sulfide) groups is 1. The Morgan fingerprint density at radius 3 is 2.42 bits per heavy atom. The fourth-order valence-corrected chi connectivity index (χ4v) is 3.01. The minimum Gasteiger partial charge on any atom is -0.479 e. The zero-order valence-electron chi connectivity index (χ0n) is 12.1. The molecule has 24 heavy (non-hydrogen) atoms. The van der Waals surface area contributed by atoms with Gasteiger partial charge in [-0.3, -0.25) is 10.2 Å². The van der Waals surface area contributed by atoms with Crippen molar-refractivity contribution < 1.29 is 27.9 Å². The van der Waals surface area contributed by atoms with Crippen molar-refractivity contribution in [3.8, 4) is 0 Å². The van der Waals surface area contributed by atoms with E-state index in [0.717, 1.165) is 28.9 Å². The molecule has 10 heteroatoms. The second kappa shape index (κ2) is 7.39. The van der Waals surface area contributed by atoms with Gasteiger partial charge in [0.2, 0.25) is 5.91 Å². The number of carboxylic acid groups (broad SMARTS) is 1. The molecule has 1 aliphatic heterocycles. The van der Waals surface area contributed by atoms with Crippen molar-refractivity contribution in [3.05, 3.63) is 40.8 Å². The molecule has 0 aromatic heterocycles. The normalized spacial score (nSPS) is 17.9. The summed E-state index contributed by atoms with van der Waals surface area (Å²) in [6, 6.07) is 4.35. The standard InChI is InChI=1S/C14H13F3N2O3S2/c15-14(16,17)9-3-1-8(2-4-9)10-7-24-12(13(21)22)19(18-10)11(20)5-6-23/h1-4,7,12,18,23H,5-6H2,(H,21,22). The highest BCUT2D eigenvalue weighted by Gasteiger charge is 2.34. The van der Waals surface area contributed by atoms with Crippen LogP contribution >= 0.6 is 24.4 Å². The van der Waals surface area contributed by atoms with Gasteiger partial charge in [-0.1, -0.05) is 23.9 Å². The van der Waals surface area contributed by atoms with Gasteiger partial charge in [-0.05, 0) is 28.9 Å². The van der Waals surface area contributed by atoms with Gasteiger partial charge < -0.3 is 5.11 Å². The zero-order chi connectivity index (χ0) is 17.9. The number of alkyl halides is 3. The van der Waals surface area contributed by atoms with Crippen molar-refractivity contribution in [1.29, 1.82) is 0 Å². The molecule has 2 N–H and O–H groups in total. The highest BCUT2D eigenvalue weighted by molar-refractivity contribution is 8.03. The highest BCUT2D eigenvalue weighted by atomic mass is 32.2. The average molecular weight is 378 g/mol. The quantitative estimate of drug-likeness (QED) is 0.703. The molecule has 1 aromatic rings. The minimum atomic E-state index is -4.44. The van der Waals surface area contributed by atoms with E-state index < -0.39 is 29.0 Å². The maximum absolute atomic E-state index is 12.6. The Morgan fingerprint density at radius 1 is 1.29 bits per heavy atom. The Labute approximate surface area is 145 Å². The third-order valence-corrected chi connectivity index (χ3v) is 4.38. The fourth-order valence-electron chi connectivity index (χ4n) is 1.96. The molecule has 0 spiro atoms. The summed E-state index contributed by atoms with van der Waals surface area (Å²) in [5, 5.41) is 10.4. The summed E-state index contributed by atoms with van der Waals surface area (Å²) in [7, 11) is 0. The third kappa shape index (κ3) is 4.18. The summed E-state index contributed by atoms with van der Waals surface area (Å²) in [6.07, 6.45) is -4.41. The second-order valence-corrected chi connectivity index (χ2v) is 6.18. The SMILES string of the molecule is O=C(O)C1SC=C(c2ccc(C(F)(F)F)cc2)NN1C(=O)CCS. The van der Waals surface area contributed by atoms with Gasteiger partial charge in [0, 0.05) is 6.42 Å². The molecular weight excluding hydrogens is 365 g/mol. The van der Waals surface area contributed by atoms with Gasteiger partial charge in [-0.25, -0.2) is 9.80 Å². The van der Waals surface area contributed by atoms with Crippen LogP contribution in [0.5, 0.6) is 0 Å². The molecule has 1 heterocycles. The first-order chi connectivity index (χ1) is 11.2. The molecule has 0 bridgehead atoms. The van der Waals surface area contributed by atoms with Gasteiger partial charge in [-0.15, -0.1) is 0 Å². The van der Waals surface area contributed by atoms with Gasteiger partial charge in [0.05, 0.1) is 11.3 Å². The van der Waals surface area contributed by atoms with Gasteiger partial charge in [0.25, 0.3) is 0 Å². The summed E-state index contributed by atoms with van der Waals surface area (Å²) in [5.41, 5.74) is 2.63. The molecule has 1 unspecified atom stereocenters. The second-order valence-electron chi connectivity index (χ2n) is 4.78. The maximum atomic E-state index is 12.6. The van der Waals surface area contributed by atoms with Crippen LogP contribution in [0.3, 0.4) is 0 Å². The number of nitrogens with one attached hydrogen (secondary N) is 1. The molecule has 0 fully saturated rings. The summed E-state index contributed by atoms with van der Waals surface area (Å²) < 4.78 is 37.8. The Kier molecular flexibility index (Phi) is 5.70. The Balaban J connectivity index is 2.25. The highest BCUT2D eigenvalue weighted by Crippen LogP contribution is 2.32. The van der Waals surface area contributed by atoms with Crippen LogP contribution in [0.15, 0.2) is 29.7 Å².